The van der Waals surface area contributed by atoms with E-state index in [0.717, 1.165) is 24.2 Å². The zero-order chi connectivity index (χ0) is 13.2. The quantitative estimate of drug-likeness (QED) is 0.801. The number of nitrogens with two attached hydrogens (primary N) is 1. The van der Waals surface area contributed by atoms with Gasteiger partial charge >= 0.3 is 0 Å². The Labute approximate surface area is 114 Å². The first-order valence-corrected chi connectivity index (χ1v) is 7.10. The summed E-state index contributed by atoms with van der Waals surface area (Å²) in [7, 11) is 0. The summed E-state index contributed by atoms with van der Waals surface area (Å²) in [4.78, 5) is 14.6. The van der Waals surface area contributed by atoms with E-state index < -0.39 is 0 Å². The third kappa shape index (κ3) is 2.73. The number of carbonyl (C=O) groups is 1. The van der Waals surface area contributed by atoms with Gasteiger partial charge in [-0.2, -0.15) is 0 Å². The van der Waals surface area contributed by atoms with Gasteiger partial charge in [-0.25, -0.2) is 0 Å². The van der Waals surface area contributed by atoms with E-state index in [1.807, 2.05) is 24.3 Å². The molecule has 1 amide bonds. The number of benzene rings is 1. The smallest absolute Gasteiger partial charge is 0.224 e. The number of hydrogen-bond donors (Lipinski definition) is 2. The number of hydrogen-bond acceptors (Lipinski definition) is 3. The van der Waals surface area contributed by atoms with Gasteiger partial charge in [0.25, 0.3) is 0 Å². The van der Waals surface area contributed by atoms with E-state index in [2.05, 4.69) is 10.2 Å². The van der Waals surface area contributed by atoms with Crippen LogP contribution in [0.25, 0.3) is 0 Å². The van der Waals surface area contributed by atoms with E-state index >= 15 is 0 Å². The van der Waals surface area contributed by atoms with Crippen LogP contribution in [0.4, 0.5) is 5.69 Å². The summed E-state index contributed by atoms with van der Waals surface area (Å²) in [5.41, 5.74) is 7.40. The number of amides is 1. The lowest BCUT2D eigenvalue weighted by Gasteiger charge is -2.21. The van der Waals surface area contributed by atoms with Gasteiger partial charge in [-0.05, 0) is 43.5 Å². The van der Waals surface area contributed by atoms with Crippen molar-refractivity contribution in [2.45, 2.75) is 37.8 Å². The van der Waals surface area contributed by atoms with Crippen molar-refractivity contribution in [2.75, 3.05) is 18.8 Å². The van der Waals surface area contributed by atoms with E-state index in [1.165, 1.54) is 19.4 Å². The molecule has 0 saturated carbocycles. The number of nitrogen functional groups attached to an aromatic ring is 1. The SMILES string of the molecule is Nc1ccc(CC(=O)NC2CCN3CCCC23)cc1. The van der Waals surface area contributed by atoms with Crippen molar-refractivity contribution in [3.05, 3.63) is 29.8 Å². The lowest BCUT2D eigenvalue weighted by Crippen LogP contribution is -2.42. The fourth-order valence-electron chi connectivity index (χ4n) is 3.33. The Morgan fingerprint density at radius 1 is 1.26 bits per heavy atom. The Morgan fingerprint density at radius 3 is 2.84 bits per heavy atom. The molecule has 4 heteroatoms. The molecule has 0 aliphatic carbocycles. The van der Waals surface area contributed by atoms with Gasteiger partial charge in [0.15, 0.2) is 0 Å². The molecule has 102 valence electrons. The molecule has 1 aromatic carbocycles. The minimum atomic E-state index is 0.128. The van der Waals surface area contributed by atoms with E-state index in [9.17, 15) is 4.79 Å². The maximum Gasteiger partial charge on any atom is 0.224 e. The zero-order valence-electron chi connectivity index (χ0n) is 11.1. The Balaban J connectivity index is 1.55. The highest BCUT2D eigenvalue weighted by Crippen LogP contribution is 2.27. The summed E-state index contributed by atoms with van der Waals surface area (Å²) >= 11 is 0. The molecule has 1 aromatic rings. The van der Waals surface area contributed by atoms with Gasteiger partial charge < -0.3 is 11.1 Å². The van der Waals surface area contributed by atoms with Crippen LogP contribution in [0, 0.1) is 0 Å². The zero-order valence-corrected chi connectivity index (χ0v) is 11.1. The van der Waals surface area contributed by atoms with E-state index in [0.29, 0.717) is 18.5 Å². The molecule has 19 heavy (non-hydrogen) atoms. The second-order valence-corrected chi connectivity index (χ2v) is 5.63. The van der Waals surface area contributed by atoms with Gasteiger partial charge in [-0.15, -0.1) is 0 Å². The average molecular weight is 259 g/mol. The van der Waals surface area contributed by atoms with Gasteiger partial charge in [-0.1, -0.05) is 12.1 Å². The molecule has 0 radical (unpaired) electrons. The van der Waals surface area contributed by atoms with Crippen LogP contribution in [0.2, 0.25) is 0 Å². The summed E-state index contributed by atoms with van der Waals surface area (Å²) in [6, 6.07) is 8.46. The maximum atomic E-state index is 12.1. The highest BCUT2D eigenvalue weighted by molar-refractivity contribution is 5.79. The predicted molar refractivity (Wildman–Crippen MR) is 75.7 cm³/mol. The van der Waals surface area contributed by atoms with Crippen LogP contribution in [0.5, 0.6) is 0 Å². The Hall–Kier alpha value is -1.55. The minimum absolute atomic E-state index is 0.128. The summed E-state index contributed by atoms with van der Waals surface area (Å²) in [6.07, 6.45) is 4.05. The molecule has 2 heterocycles. The van der Waals surface area contributed by atoms with Crippen molar-refractivity contribution in [1.29, 1.82) is 0 Å². The number of nitrogens with one attached hydrogen (secondary N) is 1. The Morgan fingerprint density at radius 2 is 2.05 bits per heavy atom. The summed E-state index contributed by atoms with van der Waals surface area (Å²) in [5, 5.41) is 3.20. The summed E-state index contributed by atoms with van der Waals surface area (Å²) < 4.78 is 0. The molecule has 2 fully saturated rings. The molecule has 4 nitrogen and oxygen atoms in total. The van der Waals surface area contributed by atoms with Crippen molar-refractivity contribution in [2.24, 2.45) is 0 Å². The molecule has 0 bridgehead atoms. The van der Waals surface area contributed by atoms with Crippen molar-refractivity contribution >= 4 is 11.6 Å². The molecule has 0 spiro atoms. The van der Waals surface area contributed by atoms with Crippen LogP contribution >= 0.6 is 0 Å². The second kappa shape index (κ2) is 5.21. The topological polar surface area (TPSA) is 58.4 Å². The molecule has 2 saturated heterocycles. The van der Waals surface area contributed by atoms with Gasteiger partial charge in [0, 0.05) is 24.3 Å². The maximum absolute atomic E-state index is 12.1. The molecule has 2 aliphatic rings. The number of rotatable bonds is 3. The number of fused-ring (bicyclic) bond motifs is 1. The number of nitrogens with zero attached hydrogens (tertiary/aromatic N) is 1. The standard InChI is InChI=1S/C15H21N3O/c16-12-5-3-11(4-6-12)10-15(19)17-13-7-9-18-8-1-2-14(13)18/h3-6,13-14H,1-2,7-10,16H2,(H,17,19). The van der Waals surface area contributed by atoms with E-state index in [4.69, 9.17) is 5.73 Å². The van der Waals surface area contributed by atoms with Gasteiger partial charge in [0.05, 0.1) is 6.42 Å². The normalized spacial score (nSPS) is 26.3. The van der Waals surface area contributed by atoms with Crippen LogP contribution in [-0.2, 0) is 11.2 Å². The molecular weight excluding hydrogens is 238 g/mol. The predicted octanol–water partition coefficient (Wildman–Crippen LogP) is 1.16. The van der Waals surface area contributed by atoms with Crippen molar-refractivity contribution in [3.63, 3.8) is 0 Å². The Bertz CT molecular complexity index is 457. The first-order chi connectivity index (χ1) is 9.22. The Kier molecular flexibility index (Phi) is 3.42. The van der Waals surface area contributed by atoms with Crippen LogP contribution in [-0.4, -0.2) is 36.0 Å². The van der Waals surface area contributed by atoms with Crippen molar-refractivity contribution in [3.8, 4) is 0 Å². The van der Waals surface area contributed by atoms with Crippen LogP contribution < -0.4 is 11.1 Å². The van der Waals surface area contributed by atoms with Crippen molar-refractivity contribution < 1.29 is 4.79 Å². The lowest BCUT2D eigenvalue weighted by molar-refractivity contribution is -0.121. The third-order valence-corrected chi connectivity index (χ3v) is 4.30. The van der Waals surface area contributed by atoms with Crippen LogP contribution in [0.1, 0.15) is 24.8 Å². The summed E-state index contributed by atoms with van der Waals surface area (Å²) in [5.74, 6) is 0.128. The highest BCUT2D eigenvalue weighted by atomic mass is 16.1. The fourth-order valence-corrected chi connectivity index (χ4v) is 3.33. The third-order valence-electron chi connectivity index (χ3n) is 4.30. The molecule has 2 aliphatic heterocycles. The molecule has 0 aromatic heterocycles. The first kappa shape index (κ1) is 12.5. The molecule has 3 N–H and O–H groups in total. The minimum Gasteiger partial charge on any atom is -0.399 e. The van der Waals surface area contributed by atoms with Crippen molar-refractivity contribution in [1.82, 2.24) is 10.2 Å². The first-order valence-electron chi connectivity index (χ1n) is 7.10. The number of anilines is 1. The van der Waals surface area contributed by atoms with Crippen LogP contribution in [0.3, 0.4) is 0 Å². The van der Waals surface area contributed by atoms with E-state index in [-0.39, 0.29) is 5.91 Å². The highest BCUT2D eigenvalue weighted by Gasteiger charge is 2.37. The largest absolute Gasteiger partial charge is 0.399 e. The van der Waals surface area contributed by atoms with Gasteiger partial charge in [0.2, 0.25) is 5.91 Å². The lowest BCUT2D eigenvalue weighted by atomic mass is 10.1. The van der Waals surface area contributed by atoms with E-state index in [1.54, 1.807) is 0 Å². The average Bonchev–Trinajstić information content (AvgIpc) is 2.97. The van der Waals surface area contributed by atoms with Crippen LogP contribution in [0.15, 0.2) is 24.3 Å². The molecule has 3 rings (SSSR count). The second-order valence-electron chi connectivity index (χ2n) is 5.63. The number of carbonyl (C=O) groups excluding carboxylic acids is 1. The van der Waals surface area contributed by atoms with Gasteiger partial charge in [-0.3, -0.25) is 9.69 Å². The fraction of sp³-hybridized carbons (Fsp3) is 0.533. The molecular formula is C15H21N3O. The van der Waals surface area contributed by atoms with Gasteiger partial charge in [0.1, 0.15) is 0 Å². The summed E-state index contributed by atoms with van der Waals surface area (Å²) in [6.45, 7) is 2.34. The monoisotopic (exact) mass is 259 g/mol. The molecule has 2 unspecified atom stereocenters. The molecule has 2 atom stereocenters.